The minimum Gasteiger partial charge on any atom is -0.491 e. The van der Waals surface area contributed by atoms with Crippen molar-refractivity contribution in [2.75, 3.05) is 31.7 Å². The number of fused-ring (bicyclic) bond motifs is 2. The fourth-order valence-electron chi connectivity index (χ4n) is 4.18. The van der Waals surface area contributed by atoms with Crippen molar-refractivity contribution in [2.24, 2.45) is 0 Å². The molecule has 1 amide bonds. The first-order valence-corrected chi connectivity index (χ1v) is 12.5. The standard InChI is InChI=1S/C30H24N2O6/c33-29(18-2-7-23(8-3-18)34-14-25-16-36-25)31-22-6-1-20-13-28-27(12-21(20)11-22)32-30(38-28)19-4-9-24(10-5-19)35-15-26-17-37-26/h1-13,25-26H,14-17H2,(H,31,33). The minimum atomic E-state index is -0.191. The summed E-state index contributed by atoms with van der Waals surface area (Å²) in [7, 11) is 0. The van der Waals surface area contributed by atoms with Crippen LogP contribution in [0.25, 0.3) is 33.3 Å². The highest BCUT2D eigenvalue weighted by Crippen LogP contribution is 2.30. The minimum absolute atomic E-state index is 0.190. The van der Waals surface area contributed by atoms with Crippen molar-refractivity contribution in [3.63, 3.8) is 0 Å². The first kappa shape index (κ1) is 22.8. The molecular formula is C30H24N2O6. The molecule has 2 unspecified atom stereocenters. The molecule has 0 saturated carbocycles. The third kappa shape index (κ3) is 5.04. The second kappa shape index (κ2) is 9.48. The molecule has 4 aromatic carbocycles. The molecule has 8 heteroatoms. The number of epoxide rings is 2. The number of carbonyl (C=O) groups is 1. The first-order valence-electron chi connectivity index (χ1n) is 12.5. The smallest absolute Gasteiger partial charge is 0.255 e. The lowest BCUT2D eigenvalue weighted by atomic mass is 10.1. The maximum absolute atomic E-state index is 12.8. The lowest BCUT2D eigenvalue weighted by molar-refractivity contribution is 0.102. The Hall–Kier alpha value is -4.40. The van der Waals surface area contributed by atoms with Crippen LogP contribution in [-0.2, 0) is 9.47 Å². The predicted molar refractivity (Wildman–Crippen MR) is 142 cm³/mol. The van der Waals surface area contributed by atoms with Crippen molar-refractivity contribution in [2.45, 2.75) is 12.2 Å². The van der Waals surface area contributed by atoms with E-state index in [4.69, 9.17) is 23.4 Å². The van der Waals surface area contributed by atoms with E-state index in [-0.39, 0.29) is 18.1 Å². The molecule has 0 radical (unpaired) electrons. The molecule has 8 nitrogen and oxygen atoms in total. The van der Waals surface area contributed by atoms with Gasteiger partial charge >= 0.3 is 0 Å². The molecule has 2 aliphatic heterocycles. The average molecular weight is 509 g/mol. The summed E-state index contributed by atoms with van der Waals surface area (Å²) in [6.45, 7) is 2.61. The fraction of sp³-hybridized carbons (Fsp3) is 0.200. The number of hydrogen-bond donors (Lipinski definition) is 1. The number of carbonyl (C=O) groups excluding carboxylic acids is 1. The summed E-state index contributed by atoms with van der Waals surface area (Å²) in [4.78, 5) is 17.5. The summed E-state index contributed by atoms with van der Waals surface area (Å²) in [5, 5.41) is 4.91. The Morgan fingerprint density at radius 3 is 2.13 bits per heavy atom. The number of nitrogens with one attached hydrogen (secondary N) is 1. The SMILES string of the molecule is O=C(Nc1ccc2cc3oc(-c4ccc(OCC5CO5)cc4)nc3cc2c1)c1ccc(OCC2CO2)cc1. The van der Waals surface area contributed by atoms with Gasteiger partial charge < -0.3 is 28.7 Å². The van der Waals surface area contributed by atoms with Crippen molar-refractivity contribution in [1.29, 1.82) is 0 Å². The fourth-order valence-corrected chi connectivity index (χ4v) is 4.18. The van der Waals surface area contributed by atoms with Gasteiger partial charge in [-0.3, -0.25) is 4.79 Å². The summed E-state index contributed by atoms with van der Waals surface area (Å²) in [6.07, 6.45) is 0.406. The maximum atomic E-state index is 12.8. The molecule has 7 rings (SSSR count). The zero-order chi connectivity index (χ0) is 25.5. The molecule has 3 heterocycles. The Morgan fingerprint density at radius 2 is 1.47 bits per heavy atom. The van der Waals surface area contributed by atoms with Gasteiger partial charge in [0.15, 0.2) is 5.58 Å². The molecule has 190 valence electrons. The summed E-state index contributed by atoms with van der Waals surface area (Å²) < 4.78 is 27.7. The summed E-state index contributed by atoms with van der Waals surface area (Å²) in [5.41, 5.74) is 3.56. The van der Waals surface area contributed by atoms with E-state index in [1.54, 1.807) is 24.3 Å². The van der Waals surface area contributed by atoms with Crippen LogP contribution >= 0.6 is 0 Å². The molecule has 2 aliphatic rings. The number of ether oxygens (including phenoxy) is 4. The van der Waals surface area contributed by atoms with E-state index in [1.807, 2.05) is 54.6 Å². The highest BCUT2D eigenvalue weighted by molar-refractivity contribution is 6.06. The number of anilines is 1. The molecule has 0 aliphatic carbocycles. The van der Waals surface area contributed by atoms with Crippen LogP contribution in [0.3, 0.4) is 0 Å². The van der Waals surface area contributed by atoms with Crippen molar-refractivity contribution in [3.05, 3.63) is 84.4 Å². The Labute approximate surface area is 218 Å². The molecular weight excluding hydrogens is 484 g/mol. The second-order valence-corrected chi connectivity index (χ2v) is 9.44. The van der Waals surface area contributed by atoms with Crippen molar-refractivity contribution in [3.8, 4) is 23.0 Å². The molecule has 2 atom stereocenters. The van der Waals surface area contributed by atoms with Crippen LogP contribution < -0.4 is 14.8 Å². The van der Waals surface area contributed by atoms with Gasteiger partial charge in [0, 0.05) is 16.8 Å². The van der Waals surface area contributed by atoms with E-state index in [1.165, 1.54) is 0 Å². The van der Waals surface area contributed by atoms with E-state index in [9.17, 15) is 4.79 Å². The van der Waals surface area contributed by atoms with E-state index in [2.05, 4.69) is 10.3 Å². The van der Waals surface area contributed by atoms with Crippen molar-refractivity contribution >= 4 is 33.5 Å². The molecule has 5 aromatic rings. The van der Waals surface area contributed by atoms with E-state index in [0.717, 1.165) is 40.8 Å². The number of rotatable bonds is 9. The molecule has 2 saturated heterocycles. The van der Waals surface area contributed by atoms with Crippen LogP contribution in [-0.4, -0.2) is 49.5 Å². The summed E-state index contributed by atoms with van der Waals surface area (Å²) >= 11 is 0. The third-order valence-electron chi connectivity index (χ3n) is 6.50. The monoisotopic (exact) mass is 508 g/mol. The Kier molecular flexibility index (Phi) is 5.68. The second-order valence-electron chi connectivity index (χ2n) is 9.44. The Morgan fingerprint density at radius 1 is 0.816 bits per heavy atom. The van der Waals surface area contributed by atoms with Gasteiger partial charge in [0.25, 0.3) is 5.91 Å². The van der Waals surface area contributed by atoms with Gasteiger partial charge in [0.2, 0.25) is 5.89 Å². The highest BCUT2D eigenvalue weighted by atomic mass is 16.6. The summed E-state index contributed by atoms with van der Waals surface area (Å²) in [6, 6.07) is 24.5. The zero-order valence-electron chi connectivity index (χ0n) is 20.4. The van der Waals surface area contributed by atoms with Gasteiger partial charge in [-0.25, -0.2) is 4.98 Å². The van der Waals surface area contributed by atoms with Crippen LogP contribution in [0.15, 0.2) is 83.3 Å². The van der Waals surface area contributed by atoms with Gasteiger partial charge in [0.1, 0.15) is 42.4 Å². The first-order chi connectivity index (χ1) is 18.7. The van der Waals surface area contributed by atoms with Gasteiger partial charge in [-0.2, -0.15) is 0 Å². The van der Waals surface area contributed by atoms with E-state index >= 15 is 0 Å². The van der Waals surface area contributed by atoms with Crippen molar-refractivity contribution in [1.82, 2.24) is 4.98 Å². The Bertz CT molecular complexity index is 1620. The quantitative estimate of drug-likeness (QED) is 0.264. The number of amides is 1. The van der Waals surface area contributed by atoms with Crippen LogP contribution in [0.2, 0.25) is 0 Å². The molecule has 1 N–H and O–H groups in total. The number of oxazole rings is 1. The molecule has 38 heavy (non-hydrogen) atoms. The number of hydrogen-bond acceptors (Lipinski definition) is 7. The zero-order valence-corrected chi connectivity index (χ0v) is 20.4. The molecule has 0 bridgehead atoms. The van der Waals surface area contributed by atoms with Crippen molar-refractivity contribution < 1.29 is 28.2 Å². The van der Waals surface area contributed by atoms with Gasteiger partial charge in [-0.1, -0.05) is 6.07 Å². The lowest BCUT2D eigenvalue weighted by Gasteiger charge is -2.08. The lowest BCUT2D eigenvalue weighted by Crippen LogP contribution is -2.12. The van der Waals surface area contributed by atoms with Crippen LogP contribution in [0.1, 0.15) is 10.4 Å². The van der Waals surface area contributed by atoms with Gasteiger partial charge in [0.05, 0.1) is 13.2 Å². The van der Waals surface area contributed by atoms with Gasteiger partial charge in [-0.15, -0.1) is 0 Å². The van der Waals surface area contributed by atoms with E-state index < -0.39 is 0 Å². The Balaban J connectivity index is 1.06. The number of benzene rings is 4. The average Bonchev–Trinajstić information content (AvgIpc) is 3.88. The number of aromatic nitrogens is 1. The largest absolute Gasteiger partial charge is 0.491 e. The van der Waals surface area contributed by atoms with Crippen LogP contribution in [0.4, 0.5) is 5.69 Å². The maximum Gasteiger partial charge on any atom is 0.255 e. The van der Waals surface area contributed by atoms with Crippen LogP contribution in [0.5, 0.6) is 11.5 Å². The highest BCUT2D eigenvalue weighted by Gasteiger charge is 2.23. The van der Waals surface area contributed by atoms with Gasteiger partial charge in [-0.05, 0) is 83.6 Å². The number of nitrogens with zero attached hydrogens (tertiary/aromatic N) is 1. The van der Waals surface area contributed by atoms with E-state index in [0.29, 0.717) is 41.7 Å². The summed E-state index contributed by atoms with van der Waals surface area (Å²) in [5.74, 6) is 1.85. The molecule has 0 spiro atoms. The topological polar surface area (TPSA) is 98.7 Å². The normalized spacial score (nSPS) is 17.9. The molecule has 1 aromatic heterocycles. The predicted octanol–water partition coefficient (Wildman–Crippen LogP) is 5.46. The molecule has 2 fully saturated rings. The third-order valence-corrected chi connectivity index (χ3v) is 6.50. The van der Waals surface area contributed by atoms with Crippen LogP contribution in [0, 0.1) is 0 Å².